The van der Waals surface area contributed by atoms with Crippen LogP contribution in [0.2, 0.25) is 0 Å². The summed E-state index contributed by atoms with van der Waals surface area (Å²) in [6.45, 7) is 12.6. The van der Waals surface area contributed by atoms with Crippen LogP contribution in [0.1, 0.15) is 53.9 Å². The molecule has 0 rings (SSSR count). The summed E-state index contributed by atoms with van der Waals surface area (Å²) in [5.41, 5.74) is 0.457. The summed E-state index contributed by atoms with van der Waals surface area (Å²) in [6, 6.07) is 0.663. The molecule has 0 heterocycles. The van der Waals surface area contributed by atoms with Crippen LogP contribution < -0.4 is 5.32 Å². The van der Waals surface area contributed by atoms with Gasteiger partial charge in [-0.3, -0.25) is 0 Å². The number of hydrogen-bond acceptors (Lipinski definition) is 1. The lowest BCUT2D eigenvalue weighted by Crippen LogP contribution is -2.30. The van der Waals surface area contributed by atoms with Gasteiger partial charge in [-0.25, -0.2) is 0 Å². The Morgan fingerprint density at radius 1 is 1.25 bits per heavy atom. The average molecular weight is 171 g/mol. The highest BCUT2D eigenvalue weighted by atomic mass is 14.9. The summed E-state index contributed by atoms with van der Waals surface area (Å²) in [5.74, 6) is 0. The molecule has 0 aliphatic rings. The molecule has 1 atom stereocenters. The normalized spacial score (nSPS) is 14.8. The number of nitrogens with one attached hydrogen (secondary N) is 1. The molecule has 0 fully saturated rings. The average Bonchev–Trinajstić information content (AvgIpc) is 1.84. The molecular formula is C11H25N. The maximum absolute atomic E-state index is 3.54. The monoisotopic (exact) mass is 171 g/mol. The van der Waals surface area contributed by atoms with Crippen molar-refractivity contribution >= 4 is 0 Å². The van der Waals surface area contributed by atoms with E-state index in [4.69, 9.17) is 0 Å². The second-order valence-electron chi connectivity index (χ2n) is 4.97. The zero-order chi connectivity index (χ0) is 9.61. The molecule has 12 heavy (non-hydrogen) atoms. The Balaban J connectivity index is 3.40. The zero-order valence-electron chi connectivity index (χ0n) is 9.41. The van der Waals surface area contributed by atoms with E-state index in [1.54, 1.807) is 0 Å². The molecule has 0 bridgehead atoms. The molecule has 0 aliphatic heterocycles. The maximum atomic E-state index is 3.54. The highest BCUT2D eigenvalue weighted by Crippen LogP contribution is 2.20. The van der Waals surface area contributed by atoms with E-state index >= 15 is 0 Å². The number of hydrogen-bond donors (Lipinski definition) is 1. The van der Waals surface area contributed by atoms with Crippen LogP contribution in [0.5, 0.6) is 0 Å². The van der Waals surface area contributed by atoms with Gasteiger partial charge in [0, 0.05) is 6.04 Å². The van der Waals surface area contributed by atoms with Crippen molar-refractivity contribution in [3.63, 3.8) is 0 Å². The lowest BCUT2D eigenvalue weighted by atomic mass is 9.89. The fraction of sp³-hybridized carbons (Fsp3) is 1.00. The van der Waals surface area contributed by atoms with Crippen molar-refractivity contribution in [1.29, 1.82) is 0 Å². The fourth-order valence-electron chi connectivity index (χ4n) is 1.52. The van der Waals surface area contributed by atoms with Crippen molar-refractivity contribution in [2.75, 3.05) is 6.54 Å². The van der Waals surface area contributed by atoms with Crippen LogP contribution in [0.4, 0.5) is 0 Å². The van der Waals surface area contributed by atoms with Gasteiger partial charge in [-0.1, -0.05) is 34.1 Å². The summed E-state index contributed by atoms with van der Waals surface area (Å²) in [5, 5.41) is 3.54. The van der Waals surface area contributed by atoms with Gasteiger partial charge >= 0.3 is 0 Å². The molecule has 0 aromatic heterocycles. The van der Waals surface area contributed by atoms with Gasteiger partial charge in [0.15, 0.2) is 0 Å². The Bertz CT molecular complexity index is 102. The summed E-state index contributed by atoms with van der Waals surface area (Å²) < 4.78 is 0. The Kier molecular flexibility index (Phi) is 5.56. The van der Waals surface area contributed by atoms with Gasteiger partial charge in [0.05, 0.1) is 0 Å². The molecule has 0 saturated carbocycles. The third-order valence-corrected chi connectivity index (χ3v) is 1.94. The standard InChI is InChI=1S/C11H25N/c1-6-7-8-12-10(2)9-11(3,4)5/h10,12H,6-9H2,1-5H3. The van der Waals surface area contributed by atoms with E-state index in [2.05, 4.69) is 39.9 Å². The molecule has 1 nitrogen and oxygen atoms in total. The maximum Gasteiger partial charge on any atom is 0.00437 e. The lowest BCUT2D eigenvalue weighted by molar-refractivity contribution is 0.319. The first-order chi connectivity index (χ1) is 5.45. The Labute approximate surface area is 77.9 Å². The van der Waals surface area contributed by atoms with Crippen molar-refractivity contribution in [2.24, 2.45) is 5.41 Å². The van der Waals surface area contributed by atoms with Crippen LogP contribution in [0, 0.1) is 5.41 Å². The molecule has 74 valence electrons. The van der Waals surface area contributed by atoms with E-state index in [0.717, 1.165) is 0 Å². The predicted molar refractivity (Wildman–Crippen MR) is 56.4 cm³/mol. The number of unbranched alkanes of at least 4 members (excludes halogenated alkanes) is 1. The Morgan fingerprint density at radius 2 is 1.83 bits per heavy atom. The molecule has 1 heteroatoms. The van der Waals surface area contributed by atoms with Gasteiger partial charge < -0.3 is 5.32 Å². The SMILES string of the molecule is CCCCNC(C)CC(C)(C)C. The van der Waals surface area contributed by atoms with Crippen LogP contribution in [-0.2, 0) is 0 Å². The largest absolute Gasteiger partial charge is 0.314 e. The highest BCUT2D eigenvalue weighted by molar-refractivity contribution is 4.70. The highest BCUT2D eigenvalue weighted by Gasteiger charge is 2.13. The second-order valence-corrected chi connectivity index (χ2v) is 4.97. The molecule has 1 unspecified atom stereocenters. The molecule has 1 N–H and O–H groups in total. The molecule has 0 aromatic rings. The molecule has 0 radical (unpaired) electrons. The third kappa shape index (κ3) is 8.06. The van der Waals surface area contributed by atoms with Gasteiger partial charge in [0.1, 0.15) is 0 Å². The van der Waals surface area contributed by atoms with Crippen LogP contribution in [0.3, 0.4) is 0 Å². The van der Waals surface area contributed by atoms with Crippen molar-refractivity contribution < 1.29 is 0 Å². The summed E-state index contributed by atoms with van der Waals surface area (Å²) >= 11 is 0. The minimum absolute atomic E-state index is 0.457. The first kappa shape index (κ1) is 12.0. The van der Waals surface area contributed by atoms with Crippen molar-refractivity contribution in [2.45, 2.75) is 59.9 Å². The minimum atomic E-state index is 0.457. The van der Waals surface area contributed by atoms with E-state index < -0.39 is 0 Å². The zero-order valence-corrected chi connectivity index (χ0v) is 9.41. The summed E-state index contributed by atoms with van der Waals surface area (Å²) in [7, 11) is 0. The second kappa shape index (κ2) is 5.58. The van der Waals surface area contributed by atoms with Crippen LogP contribution in [0.25, 0.3) is 0 Å². The molecule has 0 saturated heterocycles. The van der Waals surface area contributed by atoms with Gasteiger partial charge in [0.2, 0.25) is 0 Å². The Hall–Kier alpha value is -0.0400. The first-order valence-electron chi connectivity index (χ1n) is 5.19. The Morgan fingerprint density at radius 3 is 2.25 bits per heavy atom. The quantitative estimate of drug-likeness (QED) is 0.626. The van der Waals surface area contributed by atoms with Crippen LogP contribution >= 0.6 is 0 Å². The fourth-order valence-corrected chi connectivity index (χ4v) is 1.52. The van der Waals surface area contributed by atoms with Gasteiger partial charge in [-0.2, -0.15) is 0 Å². The van der Waals surface area contributed by atoms with Crippen molar-refractivity contribution in [3.8, 4) is 0 Å². The van der Waals surface area contributed by atoms with E-state index in [1.165, 1.54) is 25.8 Å². The predicted octanol–water partition coefficient (Wildman–Crippen LogP) is 3.20. The van der Waals surface area contributed by atoms with E-state index in [9.17, 15) is 0 Å². The molecule has 0 amide bonds. The summed E-state index contributed by atoms with van der Waals surface area (Å²) in [4.78, 5) is 0. The minimum Gasteiger partial charge on any atom is -0.314 e. The van der Waals surface area contributed by atoms with Gasteiger partial charge in [-0.15, -0.1) is 0 Å². The topological polar surface area (TPSA) is 12.0 Å². The van der Waals surface area contributed by atoms with Gasteiger partial charge in [0.25, 0.3) is 0 Å². The first-order valence-corrected chi connectivity index (χ1v) is 5.19. The molecule has 0 aliphatic carbocycles. The molecule has 0 aromatic carbocycles. The van der Waals surface area contributed by atoms with E-state index in [-0.39, 0.29) is 0 Å². The van der Waals surface area contributed by atoms with Crippen molar-refractivity contribution in [3.05, 3.63) is 0 Å². The summed E-state index contributed by atoms with van der Waals surface area (Å²) in [6.07, 6.45) is 3.85. The van der Waals surface area contributed by atoms with Crippen LogP contribution in [0.15, 0.2) is 0 Å². The van der Waals surface area contributed by atoms with E-state index in [0.29, 0.717) is 11.5 Å². The smallest absolute Gasteiger partial charge is 0.00437 e. The number of rotatable bonds is 5. The van der Waals surface area contributed by atoms with E-state index in [1.807, 2.05) is 0 Å². The van der Waals surface area contributed by atoms with Gasteiger partial charge in [-0.05, 0) is 31.7 Å². The lowest BCUT2D eigenvalue weighted by Gasteiger charge is -2.23. The molecular weight excluding hydrogens is 146 g/mol. The van der Waals surface area contributed by atoms with Crippen LogP contribution in [-0.4, -0.2) is 12.6 Å². The third-order valence-electron chi connectivity index (χ3n) is 1.94. The van der Waals surface area contributed by atoms with Crippen molar-refractivity contribution in [1.82, 2.24) is 5.32 Å². The molecule has 0 spiro atoms.